The fraction of sp³-hybridized carbons (Fsp3) is 0.600. The van der Waals surface area contributed by atoms with Gasteiger partial charge in [0.05, 0.1) is 0 Å². The molecule has 0 spiro atoms. The Hall–Kier alpha value is -0.980. The van der Waals surface area contributed by atoms with Crippen LogP contribution in [-0.4, -0.2) is 6.54 Å². The van der Waals surface area contributed by atoms with Crippen LogP contribution in [0.15, 0.2) is 18.2 Å². The molecule has 1 heterocycles. The summed E-state index contributed by atoms with van der Waals surface area (Å²) < 4.78 is 0. The van der Waals surface area contributed by atoms with E-state index in [0.717, 1.165) is 12.5 Å². The third kappa shape index (κ3) is 2.58. The zero-order valence-electron chi connectivity index (χ0n) is 10.6. The number of benzene rings is 1. The van der Waals surface area contributed by atoms with Gasteiger partial charge < -0.3 is 5.32 Å². The zero-order chi connectivity index (χ0) is 11.4. The highest BCUT2D eigenvalue weighted by Crippen LogP contribution is 2.27. The van der Waals surface area contributed by atoms with Gasteiger partial charge in [0.1, 0.15) is 0 Å². The van der Waals surface area contributed by atoms with E-state index in [-0.39, 0.29) is 0 Å². The summed E-state index contributed by atoms with van der Waals surface area (Å²) in [5.74, 6) is 0.818. The first-order valence-electron chi connectivity index (χ1n) is 6.66. The number of fused-ring (bicyclic) bond motifs is 1. The second-order valence-electron chi connectivity index (χ2n) is 5.07. The summed E-state index contributed by atoms with van der Waals surface area (Å²) in [6.45, 7) is 5.79. The second kappa shape index (κ2) is 5.38. The Labute approximate surface area is 99.3 Å². The Balaban J connectivity index is 2.14. The van der Waals surface area contributed by atoms with Crippen LogP contribution in [-0.2, 0) is 12.8 Å². The fourth-order valence-electron chi connectivity index (χ4n) is 2.75. The minimum absolute atomic E-state index is 0.818. The van der Waals surface area contributed by atoms with Crippen molar-refractivity contribution >= 4 is 5.69 Å². The van der Waals surface area contributed by atoms with Crippen LogP contribution in [0, 0.1) is 5.92 Å². The topological polar surface area (TPSA) is 12.0 Å². The molecule has 0 saturated heterocycles. The maximum absolute atomic E-state index is 3.51. The number of anilines is 1. The lowest BCUT2D eigenvalue weighted by Crippen LogP contribution is -2.14. The molecule has 2 rings (SSSR count). The highest BCUT2D eigenvalue weighted by molar-refractivity contribution is 5.56. The van der Waals surface area contributed by atoms with E-state index >= 15 is 0 Å². The predicted octanol–water partition coefficient (Wildman–Crippen LogP) is 4.02. The normalized spacial score (nSPS) is 16.4. The van der Waals surface area contributed by atoms with Crippen molar-refractivity contribution in [2.75, 3.05) is 11.9 Å². The molecule has 1 aromatic rings. The van der Waals surface area contributed by atoms with Gasteiger partial charge in [-0.2, -0.15) is 0 Å². The first-order valence-corrected chi connectivity index (χ1v) is 6.66. The van der Waals surface area contributed by atoms with Crippen LogP contribution in [0.1, 0.15) is 44.2 Å². The summed E-state index contributed by atoms with van der Waals surface area (Å²) in [7, 11) is 0. The number of nitrogens with one attached hydrogen (secondary N) is 1. The van der Waals surface area contributed by atoms with Gasteiger partial charge in [-0.25, -0.2) is 0 Å². The molecular weight excluding hydrogens is 194 g/mol. The van der Waals surface area contributed by atoms with E-state index in [4.69, 9.17) is 0 Å². The quantitative estimate of drug-likeness (QED) is 0.803. The van der Waals surface area contributed by atoms with Crippen molar-refractivity contribution in [2.24, 2.45) is 5.92 Å². The summed E-state index contributed by atoms with van der Waals surface area (Å²) in [5.41, 5.74) is 4.54. The van der Waals surface area contributed by atoms with Gasteiger partial charge in [0, 0.05) is 12.2 Å². The van der Waals surface area contributed by atoms with Crippen molar-refractivity contribution < 1.29 is 0 Å². The Morgan fingerprint density at radius 2 is 2.25 bits per heavy atom. The largest absolute Gasteiger partial charge is 0.385 e. The van der Waals surface area contributed by atoms with Gasteiger partial charge in [0.2, 0.25) is 0 Å². The molecule has 1 N–H and O–H groups in total. The molecule has 1 aromatic carbocycles. The monoisotopic (exact) mass is 217 g/mol. The van der Waals surface area contributed by atoms with Crippen LogP contribution in [0.3, 0.4) is 0 Å². The molecule has 0 bridgehead atoms. The zero-order valence-corrected chi connectivity index (χ0v) is 10.6. The van der Waals surface area contributed by atoms with Gasteiger partial charge in [-0.1, -0.05) is 38.8 Å². The SMILES string of the molecule is CCCC(C)Cc1cccc2c1CCCN2. The van der Waals surface area contributed by atoms with Crippen molar-refractivity contribution in [2.45, 2.75) is 46.0 Å². The summed E-state index contributed by atoms with van der Waals surface area (Å²) in [6, 6.07) is 6.74. The molecule has 0 aromatic heterocycles. The first kappa shape index (κ1) is 11.5. The molecule has 88 valence electrons. The lowest BCUT2D eigenvalue weighted by molar-refractivity contribution is 0.520. The Bertz CT molecular complexity index is 343. The Morgan fingerprint density at radius 1 is 1.38 bits per heavy atom. The van der Waals surface area contributed by atoms with Gasteiger partial charge in [-0.3, -0.25) is 0 Å². The van der Waals surface area contributed by atoms with E-state index in [0.29, 0.717) is 0 Å². The molecule has 0 radical (unpaired) electrons. The van der Waals surface area contributed by atoms with Crippen molar-refractivity contribution in [1.82, 2.24) is 0 Å². The smallest absolute Gasteiger partial charge is 0.0375 e. The predicted molar refractivity (Wildman–Crippen MR) is 71.0 cm³/mol. The molecule has 0 aliphatic carbocycles. The first-order chi connectivity index (χ1) is 7.81. The van der Waals surface area contributed by atoms with Crippen LogP contribution in [0.5, 0.6) is 0 Å². The summed E-state index contributed by atoms with van der Waals surface area (Å²) >= 11 is 0. The summed E-state index contributed by atoms with van der Waals surface area (Å²) in [6.07, 6.45) is 6.44. The van der Waals surface area contributed by atoms with Crippen LogP contribution in [0.4, 0.5) is 5.69 Å². The molecule has 0 fully saturated rings. The lowest BCUT2D eigenvalue weighted by Gasteiger charge is -2.22. The fourth-order valence-corrected chi connectivity index (χ4v) is 2.75. The highest BCUT2D eigenvalue weighted by Gasteiger charge is 2.13. The molecule has 1 heteroatoms. The Kier molecular flexibility index (Phi) is 3.87. The van der Waals surface area contributed by atoms with E-state index in [9.17, 15) is 0 Å². The minimum atomic E-state index is 0.818. The van der Waals surface area contributed by atoms with Gasteiger partial charge >= 0.3 is 0 Å². The van der Waals surface area contributed by atoms with Crippen molar-refractivity contribution in [3.8, 4) is 0 Å². The standard InChI is InChI=1S/C15H23N/c1-3-6-12(2)11-13-7-4-9-15-14(13)8-5-10-16-15/h4,7,9,12,16H,3,5-6,8,10-11H2,1-2H3. The van der Waals surface area contributed by atoms with Crippen molar-refractivity contribution in [1.29, 1.82) is 0 Å². The molecule has 1 nitrogen and oxygen atoms in total. The number of hydrogen-bond acceptors (Lipinski definition) is 1. The van der Waals surface area contributed by atoms with Gasteiger partial charge in [0.25, 0.3) is 0 Å². The van der Waals surface area contributed by atoms with Crippen molar-refractivity contribution in [3.05, 3.63) is 29.3 Å². The third-order valence-electron chi connectivity index (χ3n) is 3.54. The molecule has 0 saturated carbocycles. The molecule has 1 aliphatic rings. The van der Waals surface area contributed by atoms with E-state index in [1.807, 2.05) is 0 Å². The number of rotatable bonds is 4. The average molecular weight is 217 g/mol. The van der Waals surface area contributed by atoms with Crippen LogP contribution in [0.25, 0.3) is 0 Å². The van der Waals surface area contributed by atoms with Crippen molar-refractivity contribution in [3.63, 3.8) is 0 Å². The van der Waals surface area contributed by atoms with Gasteiger partial charge in [-0.05, 0) is 42.4 Å². The molecule has 1 aliphatic heterocycles. The number of hydrogen-bond donors (Lipinski definition) is 1. The summed E-state index contributed by atoms with van der Waals surface area (Å²) in [5, 5.41) is 3.51. The summed E-state index contributed by atoms with van der Waals surface area (Å²) in [4.78, 5) is 0. The second-order valence-corrected chi connectivity index (χ2v) is 5.07. The maximum atomic E-state index is 3.51. The maximum Gasteiger partial charge on any atom is 0.0375 e. The highest BCUT2D eigenvalue weighted by atomic mass is 14.9. The van der Waals surface area contributed by atoms with Gasteiger partial charge in [0.15, 0.2) is 0 Å². The van der Waals surface area contributed by atoms with Crippen LogP contribution in [0.2, 0.25) is 0 Å². The molecule has 16 heavy (non-hydrogen) atoms. The van der Waals surface area contributed by atoms with Crippen LogP contribution >= 0.6 is 0 Å². The van der Waals surface area contributed by atoms with Crippen LogP contribution < -0.4 is 5.32 Å². The Morgan fingerprint density at radius 3 is 3.06 bits per heavy atom. The molecule has 1 atom stereocenters. The van der Waals surface area contributed by atoms with E-state index in [1.165, 1.54) is 37.8 Å². The lowest BCUT2D eigenvalue weighted by atomic mass is 9.90. The molecule has 1 unspecified atom stereocenters. The molecular formula is C15H23N. The van der Waals surface area contributed by atoms with E-state index < -0.39 is 0 Å². The third-order valence-corrected chi connectivity index (χ3v) is 3.54. The molecule has 0 amide bonds. The van der Waals surface area contributed by atoms with E-state index in [1.54, 1.807) is 11.1 Å². The van der Waals surface area contributed by atoms with E-state index in [2.05, 4.69) is 37.4 Å². The average Bonchev–Trinajstić information content (AvgIpc) is 2.30. The minimum Gasteiger partial charge on any atom is -0.385 e. The van der Waals surface area contributed by atoms with Gasteiger partial charge in [-0.15, -0.1) is 0 Å².